The molecule has 180 valence electrons. The van der Waals surface area contributed by atoms with Gasteiger partial charge in [-0.25, -0.2) is 14.2 Å². The molecule has 5 aromatic carbocycles. The first-order chi connectivity index (χ1) is 18.2. The molecule has 0 saturated heterocycles. The molecule has 0 fully saturated rings. The van der Waals surface area contributed by atoms with Gasteiger partial charge in [-0.1, -0.05) is 97.1 Å². The molecule has 6 aromatic rings. The van der Waals surface area contributed by atoms with E-state index in [1.807, 2.05) is 102 Å². The molecule has 1 atom stereocenters. The molecule has 0 amide bonds. The van der Waals surface area contributed by atoms with E-state index < -0.39 is 12.1 Å². The van der Waals surface area contributed by atoms with Crippen molar-refractivity contribution >= 4 is 27.8 Å². The fraction of sp³-hybridized carbons (Fsp3) is 0.0625. The van der Waals surface area contributed by atoms with Gasteiger partial charge < -0.3 is 9.30 Å². The molecule has 1 heterocycles. The molecule has 6 rings (SSSR count). The van der Waals surface area contributed by atoms with E-state index in [1.165, 1.54) is 6.07 Å². The Balaban J connectivity index is 1.49. The molecule has 1 aromatic heterocycles. The summed E-state index contributed by atoms with van der Waals surface area (Å²) in [6, 6.07) is 37.2. The lowest BCUT2D eigenvalue weighted by atomic mass is 10.0. The van der Waals surface area contributed by atoms with Gasteiger partial charge >= 0.3 is 5.97 Å². The van der Waals surface area contributed by atoms with Crippen molar-refractivity contribution in [3.8, 4) is 0 Å². The summed E-state index contributed by atoms with van der Waals surface area (Å²) in [7, 11) is 0. The molecule has 0 spiro atoms. The lowest BCUT2D eigenvalue weighted by Gasteiger charge is -2.20. The number of halogens is 1. The van der Waals surface area contributed by atoms with E-state index in [9.17, 15) is 9.18 Å². The monoisotopic (exact) mass is 486 g/mol. The number of nitrogens with zero attached hydrogens (tertiary/aromatic N) is 2. The number of carbonyl (C=O) groups excluding carboxylic acids is 1. The van der Waals surface area contributed by atoms with E-state index in [1.54, 1.807) is 18.2 Å². The maximum Gasteiger partial charge on any atom is 0.339 e. The summed E-state index contributed by atoms with van der Waals surface area (Å²) in [5, 5.41) is 1.78. The van der Waals surface area contributed by atoms with Crippen molar-refractivity contribution < 1.29 is 13.9 Å². The number of fused-ring (bicyclic) bond motifs is 2. The number of hydrogen-bond acceptors (Lipinski definition) is 3. The second kappa shape index (κ2) is 9.70. The van der Waals surface area contributed by atoms with E-state index in [0.717, 1.165) is 27.4 Å². The van der Waals surface area contributed by atoms with Crippen LogP contribution in [0.2, 0.25) is 0 Å². The third-order valence-electron chi connectivity index (χ3n) is 6.54. The molecule has 0 aliphatic heterocycles. The highest BCUT2D eigenvalue weighted by molar-refractivity contribution is 6.04. The third kappa shape index (κ3) is 4.36. The van der Waals surface area contributed by atoms with Gasteiger partial charge in [-0.2, -0.15) is 0 Å². The Labute approximate surface area is 213 Å². The molecule has 37 heavy (non-hydrogen) atoms. The summed E-state index contributed by atoms with van der Waals surface area (Å²) in [4.78, 5) is 18.5. The summed E-state index contributed by atoms with van der Waals surface area (Å²) >= 11 is 0. The highest BCUT2D eigenvalue weighted by Crippen LogP contribution is 2.31. The van der Waals surface area contributed by atoms with Gasteiger partial charge in [0.2, 0.25) is 0 Å². The van der Waals surface area contributed by atoms with Crippen LogP contribution in [0.4, 0.5) is 4.39 Å². The van der Waals surface area contributed by atoms with Gasteiger partial charge in [-0.3, -0.25) is 0 Å². The smallest absolute Gasteiger partial charge is 0.339 e. The Hall–Kier alpha value is -4.77. The average Bonchev–Trinajstić information content (AvgIpc) is 3.31. The fourth-order valence-corrected chi connectivity index (χ4v) is 4.73. The van der Waals surface area contributed by atoms with Gasteiger partial charge in [-0.15, -0.1) is 0 Å². The second-order valence-corrected chi connectivity index (χ2v) is 8.86. The first kappa shape index (κ1) is 22.7. The minimum atomic E-state index is -0.799. The number of hydrogen-bond donors (Lipinski definition) is 0. The van der Waals surface area contributed by atoms with E-state index in [2.05, 4.69) is 0 Å². The predicted molar refractivity (Wildman–Crippen MR) is 143 cm³/mol. The van der Waals surface area contributed by atoms with Gasteiger partial charge in [0.25, 0.3) is 0 Å². The van der Waals surface area contributed by atoms with Crippen LogP contribution in [0, 0.1) is 5.82 Å². The van der Waals surface area contributed by atoms with Crippen LogP contribution in [-0.2, 0) is 11.3 Å². The lowest BCUT2D eigenvalue weighted by Crippen LogP contribution is -2.18. The molecule has 0 saturated carbocycles. The van der Waals surface area contributed by atoms with Crippen molar-refractivity contribution in [3.63, 3.8) is 0 Å². The Kier molecular flexibility index (Phi) is 5.95. The van der Waals surface area contributed by atoms with Gasteiger partial charge in [0.15, 0.2) is 11.9 Å². The van der Waals surface area contributed by atoms with E-state index in [0.29, 0.717) is 17.0 Å². The molecule has 0 bridgehead atoms. The highest BCUT2D eigenvalue weighted by atomic mass is 19.1. The van der Waals surface area contributed by atoms with Crippen LogP contribution in [0.15, 0.2) is 121 Å². The predicted octanol–water partition coefficient (Wildman–Crippen LogP) is 7.32. The minimum absolute atomic E-state index is 0.248. The molecule has 0 aliphatic carbocycles. The molecular weight excluding hydrogens is 463 g/mol. The summed E-state index contributed by atoms with van der Waals surface area (Å²) < 4.78 is 22.9. The zero-order valence-electron chi connectivity index (χ0n) is 19.9. The van der Waals surface area contributed by atoms with Gasteiger partial charge in [-0.05, 0) is 35.0 Å². The van der Waals surface area contributed by atoms with Crippen molar-refractivity contribution in [2.75, 3.05) is 0 Å². The van der Waals surface area contributed by atoms with E-state index in [4.69, 9.17) is 9.72 Å². The van der Waals surface area contributed by atoms with Crippen LogP contribution in [-0.4, -0.2) is 15.5 Å². The normalized spacial score (nSPS) is 12.0. The minimum Gasteiger partial charge on any atom is -0.446 e. The largest absolute Gasteiger partial charge is 0.446 e. The molecule has 0 N–H and O–H groups in total. The van der Waals surface area contributed by atoms with Crippen molar-refractivity contribution in [1.82, 2.24) is 9.55 Å². The number of ether oxygens (including phenoxy) is 1. The summed E-state index contributed by atoms with van der Waals surface area (Å²) in [6.07, 6.45) is -0.799. The molecule has 1 unspecified atom stereocenters. The number of benzene rings is 5. The van der Waals surface area contributed by atoms with Crippen molar-refractivity contribution in [3.05, 3.63) is 150 Å². The summed E-state index contributed by atoms with van der Waals surface area (Å²) in [5.41, 5.74) is 3.37. The number of imidazole rings is 1. The second-order valence-electron chi connectivity index (χ2n) is 8.86. The zero-order chi connectivity index (χ0) is 25.2. The van der Waals surface area contributed by atoms with Crippen LogP contribution in [0.5, 0.6) is 0 Å². The topological polar surface area (TPSA) is 44.1 Å². The van der Waals surface area contributed by atoms with Gasteiger partial charge in [0, 0.05) is 11.1 Å². The average molecular weight is 487 g/mol. The molecule has 5 heteroatoms. The van der Waals surface area contributed by atoms with E-state index >= 15 is 0 Å². The van der Waals surface area contributed by atoms with Crippen molar-refractivity contribution in [2.45, 2.75) is 12.6 Å². The molecule has 0 aliphatic rings. The van der Waals surface area contributed by atoms with Crippen molar-refractivity contribution in [2.24, 2.45) is 0 Å². The maximum absolute atomic E-state index is 14.7. The van der Waals surface area contributed by atoms with Crippen LogP contribution in [0.25, 0.3) is 21.8 Å². The third-order valence-corrected chi connectivity index (χ3v) is 6.54. The van der Waals surface area contributed by atoms with Crippen LogP contribution < -0.4 is 0 Å². The Morgan fingerprint density at radius 1 is 0.784 bits per heavy atom. The Morgan fingerprint density at radius 3 is 2.35 bits per heavy atom. The number of rotatable bonds is 6. The SMILES string of the molecule is O=C(OC(c1ccccc1)c1nc2ccccc2n1Cc1ccccc1F)c1cccc2ccccc12. The quantitative estimate of drug-likeness (QED) is 0.232. The van der Waals surface area contributed by atoms with E-state index in [-0.39, 0.29) is 12.4 Å². The van der Waals surface area contributed by atoms with Crippen LogP contribution >= 0.6 is 0 Å². The number of carbonyl (C=O) groups is 1. The lowest BCUT2D eigenvalue weighted by molar-refractivity contribution is 0.0360. The first-order valence-electron chi connectivity index (χ1n) is 12.1. The Morgan fingerprint density at radius 2 is 1.49 bits per heavy atom. The van der Waals surface area contributed by atoms with Gasteiger partial charge in [0.1, 0.15) is 5.82 Å². The summed E-state index contributed by atoms with van der Waals surface area (Å²) in [6.45, 7) is 0.248. The Bertz CT molecular complexity index is 1720. The number of aromatic nitrogens is 2. The molecular formula is C32H23FN2O2. The summed E-state index contributed by atoms with van der Waals surface area (Å²) in [5.74, 6) is -0.213. The van der Waals surface area contributed by atoms with Gasteiger partial charge in [0.05, 0.1) is 23.1 Å². The molecule has 0 radical (unpaired) electrons. The zero-order valence-corrected chi connectivity index (χ0v) is 19.9. The standard InChI is InChI=1S/C32H23FN2O2/c33-27-18-7-5-14-24(27)21-35-29-20-9-8-19-28(29)34-31(35)30(23-12-2-1-3-13-23)37-32(36)26-17-10-15-22-11-4-6-16-25(22)26/h1-20,30H,21H2. The molecule has 4 nitrogen and oxygen atoms in total. The number of para-hydroxylation sites is 2. The first-order valence-corrected chi connectivity index (χ1v) is 12.1. The van der Waals surface area contributed by atoms with Crippen LogP contribution in [0.3, 0.4) is 0 Å². The van der Waals surface area contributed by atoms with Crippen LogP contribution in [0.1, 0.15) is 33.4 Å². The maximum atomic E-state index is 14.7. The highest BCUT2D eigenvalue weighted by Gasteiger charge is 2.27. The fourth-order valence-electron chi connectivity index (χ4n) is 4.73. The van der Waals surface area contributed by atoms with Crippen molar-refractivity contribution in [1.29, 1.82) is 0 Å². The number of esters is 1.